The number of rotatable bonds is 5. The monoisotopic (exact) mass is 284 g/mol. The molecular formula is C13H13ClO5. The fourth-order valence-corrected chi connectivity index (χ4v) is 2.25. The molecule has 0 amide bonds. The molecule has 1 N–H and O–H groups in total. The van der Waals surface area contributed by atoms with Crippen molar-refractivity contribution in [1.82, 2.24) is 0 Å². The first-order valence-electron chi connectivity index (χ1n) is 5.91. The summed E-state index contributed by atoms with van der Waals surface area (Å²) in [7, 11) is 0. The lowest BCUT2D eigenvalue weighted by Gasteiger charge is -2.23. The van der Waals surface area contributed by atoms with Crippen molar-refractivity contribution in [2.24, 2.45) is 0 Å². The van der Waals surface area contributed by atoms with E-state index < -0.39 is 5.97 Å². The highest BCUT2D eigenvalue weighted by Gasteiger charge is 2.22. The average molecular weight is 285 g/mol. The zero-order valence-electron chi connectivity index (χ0n) is 10.1. The van der Waals surface area contributed by atoms with Gasteiger partial charge in [0.2, 0.25) is 0 Å². The minimum Gasteiger partial charge on any atom is -0.486 e. The van der Waals surface area contributed by atoms with E-state index in [1.807, 2.05) is 0 Å². The van der Waals surface area contributed by atoms with Crippen LogP contribution in [0.5, 0.6) is 11.5 Å². The minimum atomic E-state index is -0.846. The van der Waals surface area contributed by atoms with E-state index in [2.05, 4.69) is 0 Å². The Bertz CT molecular complexity index is 512. The molecule has 0 saturated heterocycles. The maximum absolute atomic E-state index is 11.0. The Hall–Kier alpha value is -1.75. The van der Waals surface area contributed by atoms with Gasteiger partial charge in [0.15, 0.2) is 17.8 Å². The summed E-state index contributed by atoms with van der Waals surface area (Å²) in [6.07, 6.45) is 1.69. The Morgan fingerprint density at radius 1 is 1.37 bits per heavy atom. The Balaban J connectivity index is 2.30. The highest BCUT2D eigenvalue weighted by Crippen LogP contribution is 2.41. The van der Waals surface area contributed by atoms with Gasteiger partial charge in [0, 0.05) is 6.42 Å². The van der Waals surface area contributed by atoms with E-state index in [1.54, 1.807) is 6.07 Å². The van der Waals surface area contributed by atoms with Crippen molar-refractivity contribution in [3.05, 3.63) is 22.2 Å². The zero-order chi connectivity index (χ0) is 13.8. The smallest absolute Gasteiger partial charge is 0.303 e. The topological polar surface area (TPSA) is 72.8 Å². The predicted octanol–water partition coefficient (Wildman–Crippen LogP) is 2.33. The van der Waals surface area contributed by atoms with Crippen LogP contribution in [0.2, 0.25) is 5.02 Å². The molecule has 2 rings (SSSR count). The van der Waals surface area contributed by atoms with Crippen molar-refractivity contribution < 1.29 is 24.2 Å². The molecule has 0 atom stereocenters. The summed E-state index contributed by atoms with van der Waals surface area (Å²) in [5.74, 6) is 0.0175. The number of aryl methyl sites for hydroxylation is 1. The molecule has 0 aromatic heterocycles. The van der Waals surface area contributed by atoms with Crippen molar-refractivity contribution in [3.63, 3.8) is 0 Å². The lowest BCUT2D eigenvalue weighted by Crippen LogP contribution is -2.18. The number of carbonyl (C=O) groups is 2. The second-order valence-corrected chi connectivity index (χ2v) is 4.56. The maximum atomic E-state index is 11.0. The molecule has 0 fully saturated rings. The molecule has 102 valence electrons. The van der Waals surface area contributed by atoms with Crippen molar-refractivity contribution in [3.8, 4) is 11.5 Å². The molecule has 1 aliphatic rings. The van der Waals surface area contributed by atoms with E-state index in [-0.39, 0.29) is 12.0 Å². The quantitative estimate of drug-likeness (QED) is 0.840. The van der Waals surface area contributed by atoms with E-state index in [0.29, 0.717) is 48.9 Å². The molecule has 1 aromatic carbocycles. The van der Waals surface area contributed by atoms with Gasteiger partial charge in [-0.3, -0.25) is 9.59 Å². The normalized spacial score (nSPS) is 13.1. The lowest BCUT2D eigenvalue weighted by atomic mass is 10.0. The fraction of sp³-hybridized carbons (Fsp3) is 0.385. The van der Waals surface area contributed by atoms with Crippen LogP contribution in [-0.4, -0.2) is 30.6 Å². The van der Waals surface area contributed by atoms with E-state index in [0.717, 1.165) is 5.56 Å². The standard InChI is InChI=1S/C13H13ClO5/c14-10-6-8(2-1-3-11(16)17)12-13(9(10)7-15)19-5-4-18-12/h6-7H,1-5H2,(H,16,17). The van der Waals surface area contributed by atoms with Crippen LogP contribution in [-0.2, 0) is 11.2 Å². The SMILES string of the molecule is O=Cc1c(Cl)cc(CCCC(=O)O)c2c1OCCO2. The highest BCUT2D eigenvalue weighted by atomic mass is 35.5. The molecule has 6 heteroatoms. The zero-order valence-corrected chi connectivity index (χ0v) is 10.9. The molecule has 0 radical (unpaired) electrons. The number of carbonyl (C=O) groups excluding carboxylic acids is 1. The summed E-state index contributed by atoms with van der Waals surface area (Å²) in [6, 6.07) is 1.64. The molecule has 1 heterocycles. The van der Waals surface area contributed by atoms with Crippen LogP contribution in [0.15, 0.2) is 6.07 Å². The summed E-state index contributed by atoms with van der Waals surface area (Å²) >= 11 is 6.02. The first-order valence-corrected chi connectivity index (χ1v) is 6.29. The fourth-order valence-electron chi connectivity index (χ4n) is 1.99. The minimum absolute atomic E-state index is 0.0721. The molecular weight excluding hydrogens is 272 g/mol. The van der Waals surface area contributed by atoms with Gasteiger partial charge in [-0.2, -0.15) is 0 Å². The second kappa shape index (κ2) is 5.93. The number of halogens is 1. The first kappa shape index (κ1) is 13.7. The van der Waals surface area contributed by atoms with Crippen molar-refractivity contribution in [2.45, 2.75) is 19.3 Å². The van der Waals surface area contributed by atoms with Crippen molar-refractivity contribution in [1.29, 1.82) is 0 Å². The van der Waals surface area contributed by atoms with Gasteiger partial charge in [-0.15, -0.1) is 0 Å². The Morgan fingerprint density at radius 2 is 2.05 bits per heavy atom. The van der Waals surface area contributed by atoms with Crippen molar-refractivity contribution in [2.75, 3.05) is 13.2 Å². The molecule has 0 unspecified atom stereocenters. The number of aldehydes is 1. The molecule has 0 aliphatic carbocycles. The van der Waals surface area contributed by atoms with Gasteiger partial charge in [-0.1, -0.05) is 11.6 Å². The molecule has 0 spiro atoms. The number of carboxylic acids is 1. The van der Waals surface area contributed by atoms with Crippen LogP contribution in [0.25, 0.3) is 0 Å². The van der Waals surface area contributed by atoms with Gasteiger partial charge in [0.25, 0.3) is 0 Å². The number of benzene rings is 1. The Labute approximate surface area is 115 Å². The number of hydrogen-bond acceptors (Lipinski definition) is 4. The van der Waals surface area contributed by atoms with Gasteiger partial charge in [-0.25, -0.2) is 0 Å². The van der Waals surface area contributed by atoms with Crippen LogP contribution in [0.1, 0.15) is 28.8 Å². The van der Waals surface area contributed by atoms with Crippen LogP contribution in [0.4, 0.5) is 0 Å². The number of hydrogen-bond donors (Lipinski definition) is 1. The number of aliphatic carboxylic acids is 1. The van der Waals surface area contributed by atoms with Gasteiger partial charge in [0.05, 0.1) is 10.6 Å². The van der Waals surface area contributed by atoms with Crippen LogP contribution in [0, 0.1) is 0 Å². The third kappa shape index (κ3) is 2.98. The molecule has 1 aliphatic heterocycles. The molecule has 0 saturated carbocycles. The molecule has 0 bridgehead atoms. The van der Waals surface area contributed by atoms with Crippen LogP contribution >= 0.6 is 11.6 Å². The summed E-state index contributed by atoms with van der Waals surface area (Å²) in [5.41, 5.74) is 1.05. The third-order valence-corrected chi connectivity index (χ3v) is 3.14. The first-order chi connectivity index (χ1) is 9.13. The summed E-state index contributed by atoms with van der Waals surface area (Å²) < 4.78 is 11.0. The number of carboxylic acid groups (broad SMARTS) is 1. The van der Waals surface area contributed by atoms with Gasteiger partial charge >= 0.3 is 5.97 Å². The third-order valence-electron chi connectivity index (χ3n) is 2.83. The van der Waals surface area contributed by atoms with E-state index in [9.17, 15) is 9.59 Å². The van der Waals surface area contributed by atoms with Gasteiger partial charge in [0.1, 0.15) is 13.2 Å². The Kier molecular flexibility index (Phi) is 4.27. The van der Waals surface area contributed by atoms with Crippen LogP contribution < -0.4 is 9.47 Å². The summed E-state index contributed by atoms with van der Waals surface area (Å²) in [5, 5.41) is 8.93. The van der Waals surface area contributed by atoms with Gasteiger partial charge in [-0.05, 0) is 24.5 Å². The molecule has 1 aromatic rings. The van der Waals surface area contributed by atoms with E-state index >= 15 is 0 Å². The summed E-state index contributed by atoms with van der Waals surface area (Å²) in [4.78, 5) is 21.5. The molecule has 5 nitrogen and oxygen atoms in total. The maximum Gasteiger partial charge on any atom is 0.303 e. The second-order valence-electron chi connectivity index (χ2n) is 4.15. The lowest BCUT2D eigenvalue weighted by molar-refractivity contribution is -0.137. The number of fused-ring (bicyclic) bond motifs is 1. The summed E-state index contributed by atoms with van der Waals surface area (Å²) in [6.45, 7) is 0.765. The Morgan fingerprint density at radius 3 is 2.68 bits per heavy atom. The predicted molar refractivity (Wildman–Crippen MR) is 68.4 cm³/mol. The van der Waals surface area contributed by atoms with E-state index in [4.69, 9.17) is 26.2 Å². The number of ether oxygens (including phenoxy) is 2. The van der Waals surface area contributed by atoms with E-state index in [1.165, 1.54) is 0 Å². The van der Waals surface area contributed by atoms with Gasteiger partial charge < -0.3 is 14.6 Å². The highest BCUT2D eigenvalue weighted by molar-refractivity contribution is 6.33. The average Bonchev–Trinajstić information content (AvgIpc) is 2.38. The largest absolute Gasteiger partial charge is 0.486 e. The molecule has 19 heavy (non-hydrogen) atoms. The van der Waals surface area contributed by atoms with Crippen LogP contribution in [0.3, 0.4) is 0 Å². The van der Waals surface area contributed by atoms with Crippen molar-refractivity contribution >= 4 is 23.9 Å².